The molecule has 176 valence electrons. The Hall–Kier alpha value is -0.628. The van der Waals surface area contributed by atoms with Crippen molar-refractivity contribution in [1.29, 1.82) is 0 Å². The van der Waals surface area contributed by atoms with Crippen LogP contribution >= 0.6 is 0 Å². The van der Waals surface area contributed by atoms with Crippen LogP contribution in [0.3, 0.4) is 0 Å². The summed E-state index contributed by atoms with van der Waals surface area (Å²) in [7, 11) is -2.59. The van der Waals surface area contributed by atoms with Gasteiger partial charge in [-0.05, 0) is 81.1 Å². The normalized spacial score (nSPS) is 13.0. The van der Waals surface area contributed by atoms with Crippen LogP contribution in [0.2, 0.25) is 34.5 Å². The Balaban J connectivity index is 0.00000118. The van der Waals surface area contributed by atoms with Crippen LogP contribution in [-0.2, 0) is 4.43 Å². The predicted molar refractivity (Wildman–Crippen MR) is 153 cm³/mol. The number of aryl methyl sites for hydroxylation is 6. The Kier molecular flexibility index (Phi) is 11.7. The standard InChI is InChI=1S/C25H37OSi2.3CH3.Sn/c1-17-13-19(3)24(20(4)14-17)27(26-23(7)11-12-28(8,9)10)25-21(5)15-18(2)16-22(25)6;;;;/h11-16,23H,1-10H3;3*1H3;/b12-11+;;;;. The summed E-state index contributed by atoms with van der Waals surface area (Å²) in [6.45, 7) is 22.6. The Bertz CT molecular complexity index is 819. The van der Waals surface area contributed by atoms with E-state index in [2.05, 4.69) is 119 Å². The minimum absolute atomic E-state index is 0.112. The van der Waals surface area contributed by atoms with Crippen LogP contribution in [0.5, 0.6) is 0 Å². The van der Waals surface area contributed by atoms with Crippen molar-refractivity contribution >= 4 is 47.2 Å². The fraction of sp³-hybridized carbons (Fsp3) is 0.500. The minimum atomic E-state index is -1.35. The van der Waals surface area contributed by atoms with Gasteiger partial charge in [-0.1, -0.05) is 66.8 Å². The topological polar surface area (TPSA) is 9.23 Å². The van der Waals surface area contributed by atoms with Crippen LogP contribution in [0.4, 0.5) is 0 Å². The second-order valence-corrected chi connectivity index (χ2v) is 26.4. The molecule has 0 spiro atoms. The molecule has 32 heavy (non-hydrogen) atoms. The van der Waals surface area contributed by atoms with Crippen molar-refractivity contribution in [3.05, 3.63) is 69.4 Å². The van der Waals surface area contributed by atoms with Crippen LogP contribution in [0, 0.1) is 41.5 Å². The third-order valence-corrected chi connectivity index (χ3v) is 9.26. The fourth-order valence-electron chi connectivity index (χ4n) is 3.97. The van der Waals surface area contributed by atoms with Crippen molar-refractivity contribution in [2.75, 3.05) is 0 Å². The first-order valence-electron chi connectivity index (χ1n) is 11.8. The third kappa shape index (κ3) is 9.70. The monoisotopic (exact) mass is 574 g/mol. The average molecular weight is 574 g/mol. The molecule has 2 rings (SSSR count). The first-order chi connectivity index (χ1) is 14.6. The summed E-state index contributed by atoms with van der Waals surface area (Å²) in [6.07, 6.45) is 2.40. The van der Waals surface area contributed by atoms with Gasteiger partial charge < -0.3 is 4.43 Å². The number of hydrogen-bond acceptors (Lipinski definition) is 1. The molecule has 0 aliphatic rings. The predicted octanol–water partition coefficient (Wildman–Crippen LogP) is 6.85. The molecule has 0 heterocycles. The van der Waals surface area contributed by atoms with Gasteiger partial charge in [0.2, 0.25) is 0 Å². The van der Waals surface area contributed by atoms with E-state index >= 15 is 0 Å². The number of rotatable bonds is 6. The van der Waals surface area contributed by atoms with Crippen LogP contribution < -0.4 is 10.4 Å². The summed E-state index contributed by atoms with van der Waals surface area (Å²) in [5.41, 5.74) is 10.5. The molecule has 0 bridgehead atoms. The first kappa shape index (κ1) is 29.4. The molecule has 2 aromatic rings. The molecule has 1 nitrogen and oxygen atoms in total. The molecule has 0 saturated carbocycles. The zero-order chi connectivity index (χ0) is 24.8. The molecule has 1 atom stereocenters. The zero-order valence-corrected chi connectivity index (χ0v) is 27.8. The van der Waals surface area contributed by atoms with E-state index < -0.39 is 36.9 Å². The van der Waals surface area contributed by atoms with Crippen molar-refractivity contribution in [3.63, 3.8) is 0 Å². The first-order valence-corrected chi connectivity index (χ1v) is 25.3. The van der Waals surface area contributed by atoms with Gasteiger partial charge in [0.25, 0.3) is 9.04 Å². The van der Waals surface area contributed by atoms with Gasteiger partial charge in [-0.25, -0.2) is 0 Å². The summed E-state index contributed by atoms with van der Waals surface area (Å²) in [6, 6.07) is 9.21. The van der Waals surface area contributed by atoms with E-state index in [0.29, 0.717) is 0 Å². The quantitative estimate of drug-likeness (QED) is 0.344. The maximum atomic E-state index is 6.86. The van der Waals surface area contributed by atoms with Crippen molar-refractivity contribution in [2.24, 2.45) is 0 Å². The van der Waals surface area contributed by atoms with Crippen LogP contribution in [0.15, 0.2) is 36.0 Å². The van der Waals surface area contributed by atoms with E-state index in [-0.39, 0.29) is 6.10 Å². The number of hydrogen-bond donors (Lipinski definition) is 0. The molecule has 0 amide bonds. The third-order valence-electron chi connectivity index (χ3n) is 4.98. The van der Waals surface area contributed by atoms with E-state index in [9.17, 15) is 0 Å². The van der Waals surface area contributed by atoms with Gasteiger partial charge in [0.15, 0.2) is 0 Å². The molecule has 2 radical (unpaired) electrons. The average Bonchev–Trinajstić information content (AvgIpc) is 2.57. The van der Waals surface area contributed by atoms with Gasteiger partial charge in [-0.2, -0.15) is 0 Å². The van der Waals surface area contributed by atoms with Gasteiger partial charge >= 0.3 is 34.6 Å². The maximum absolute atomic E-state index is 6.86. The van der Waals surface area contributed by atoms with Crippen LogP contribution in [0.25, 0.3) is 0 Å². The van der Waals surface area contributed by atoms with Gasteiger partial charge in [0, 0.05) is 0 Å². The van der Waals surface area contributed by atoms with E-state index in [1.165, 1.54) is 43.8 Å². The molecule has 1 unspecified atom stereocenters. The Morgan fingerprint density at radius 3 is 1.34 bits per heavy atom. The van der Waals surface area contributed by atoms with Crippen LogP contribution in [-0.4, -0.2) is 43.0 Å². The summed E-state index contributed by atoms with van der Waals surface area (Å²) in [5, 5.41) is 2.83. The Morgan fingerprint density at radius 2 is 1.06 bits per heavy atom. The van der Waals surface area contributed by atoms with E-state index in [4.69, 9.17) is 4.43 Å². The molecule has 0 aromatic heterocycles. The second kappa shape index (κ2) is 12.7. The van der Waals surface area contributed by atoms with Gasteiger partial charge in [-0.15, -0.1) is 0 Å². The van der Waals surface area contributed by atoms with Crippen LogP contribution in [0.1, 0.15) is 40.3 Å². The van der Waals surface area contributed by atoms with Crippen molar-refractivity contribution in [1.82, 2.24) is 0 Å². The molecule has 0 saturated heterocycles. The van der Waals surface area contributed by atoms with Crippen molar-refractivity contribution in [2.45, 2.75) is 89.0 Å². The Labute approximate surface area is 209 Å². The van der Waals surface area contributed by atoms with Gasteiger partial charge in [-0.3, -0.25) is 0 Å². The van der Waals surface area contributed by atoms with E-state index in [0.717, 1.165) is 0 Å². The second-order valence-electron chi connectivity index (χ2n) is 10.9. The summed E-state index contributed by atoms with van der Waals surface area (Å²) in [4.78, 5) is 7.09. The Morgan fingerprint density at radius 1 is 0.750 bits per heavy atom. The van der Waals surface area contributed by atoms with Crippen molar-refractivity contribution < 1.29 is 4.43 Å². The molecule has 0 fully saturated rings. The molecule has 0 aliphatic carbocycles. The van der Waals surface area contributed by atoms with Gasteiger partial charge in [0.05, 0.1) is 14.2 Å². The summed E-state index contributed by atoms with van der Waals surface area (Å²) >= 11 is -0.543. The molecule has 2 aromatic carbocycles. The summed E-state index contributed by atoms with van der Waals surface area (Å²) < 4.78 is 6.86. The van der Waals surface area contributed by atoms with Gasteiger partial charge in [0.1, 0.15) is 0 Å². The molecule has 0 aliphatic heterocycles. The molecule has 4 heteroatoms. The zero-order valence-electron chi connectivity index (χ0n) is 22.9. The molecule has 0 N–H and O–H groups in total. The summed E-state index contributed by atoms with van der Waals surface area (Å²) in [5.74, 6) is 0. The van der Waals surface area contributed by atoms with Crippen molar-refractivity contribution in [3.8, 4) is 0 Å². The van der Waals surface area contributed by atoms with E-state index in [1.807, 2.05) is 0 Å². The number of benzene rings is 2. The fourth-order valence-corrected chi connectivity index (χ4v) is 7.47. The molecular formula is C28H46OSi2Sn. The molecular weight excluding hydrogens is 527 g/mol. The van der Waals surface area contributed by atoms with E-state index in [1.54, 1.807) is 0 Å². The SMILES string of the molecule is Cc1cc(C)c([Si](OC(C)/C=C/[Si](C)(C)C)c2c(C)cc(C)cc2C)c(C)c1.[CH3][Sn]([CH3])[CH3].